The van der Waals surface area contributed by atoms with E-state index in [4.69, 9.17) is 9.47 Å². The average Bonchev–Trinajstić information content (AvgIpc) is 2.16. The largest absolute Gasteiger partial charge is 0.480 e. The minimum absolute atomic E-state index is 0.0412. The number of hydrogen-bond acceptors (Lipinski definition) is 3. The molecule has 1 rings (SSSR count). The highest BCUT2D eigenvalue weighted by Crippen LogP contribution is 2.29. The van der Waals surface area contributed by atoms with Gasteiger partial charge < -0.3 is 9.47 Å². The van der Waals surface area contributed by atoms with Crippen LogP contribution < -0.4 is 4.74 Å². The van der Waals surface area contributed by atoms with E-state index >= 15 is 0 Å². The van der Waals surface area contributed by atoms with Gasteiger partial charge in [0.25, 0.3) is 0 Å². The van der Waals surface area contributed by atoms with Crippen molar-refractivity contribution in [3.05, 3.63) is 22.8 Å². The van der Waals surface area contributed by atoms with E-state index < -0.39 is 0 Å². The molecule has 0 unspecified atom stereocenters. The lowest BCUT2D eigenvalue weighted by Gasteiger charge is -2.10. The number of carbonyl (C=O) groups excluding carboxylic acids is 1. The van der Waals surface area contributed by atoms with Crippen LogP contribution in [0.4, 0.5) is 0 Å². The summed E-state index contributed by atoms with van der Waals surface area (Å²) >= 11 is 6.63. The van der Waals surface area contributed by atoms with Crippen molar-refractivity contribution in [2.45, 2.75) is 6.92 Å². The smallest absolute Gasteiger partial charge is 0.344 e. The summed E-state index contributed by atoms with van der Waals surface area (Å²) in [4.78, 5) is 11.2. The van der Waals surface area contributed by atoms with Gasteiger partial charge in [0.1, 0.15) is 5.75 Å². The summed E-state index contributed by atoms with van der Waals surface area (Å²) in [6.45, 7) is 2.11. The molecule has 0 radical (unpaired) electrons. The third-order valence-electron chi connectivity index (χ3n) is 1.60. The Labute approximate surface area is 135 Å². The van der Waals surface area contributed by atoms with E-state index in [1.807, 2.05) is 12.1 Å². The molecule has 0 atom stereocenters. The third kappa shape index (κ3) is 4.51. The average molecular weight is 558 g/mol. The lowest BCUT2D eigenvalue weighted by molar-refractivity contribution is -0.145. The van der Waals surface area contributed by atoms with Gasteiger partial charge in [-0.3, -0.25) is 0 Å². The topological polar surface area (TPSA) is 35.5 Å². The number of benzene rings is 1. The predicted octanol–water partition coefficient (Wildman–Crippen LogP) is 3.44. The molecule has 0 saturated heterocycles. The van der Waals surface area contributed by atoms with Crippen molar-refractivity contribution in [2.75, 3.05) is 13.2 Å². The molecule has 0 fully saturated rings. The van der Waals surface area contributed by atoms with Gasteiger partial charge in [0.2, 0.25) is 0 Å². The first kappa shape index (κ1) is 14.7. The van der Waals surface area contributed by atoms with Crippen LogP contribution in [-0.4, -0.2) is 19.2 Å². The Bertz CT molecular complexity index is 370. The van der Waals surface area contributed by atoms with Crippen LogP contribution in [0.2, 0.25) is 0 Å². The summed E-state index contributed by atoms with van der Waals surface area (Å²) < 4.78 is 13.4. The lowest BCUT2D eigenvalue weighted by atomic mass is 10.3. The maximum Gasteiger partial charge on any atom is 0.344 e. The number of carbonyl (C=O) groups is 1. The van der Waals surface area contributed by atoms with Gasteiger partial charge in [-0.2, -0.15) is 0 Å². The number of rotatable bonds is 4. The molecule has 0 bridgehead atoms. The fourth-order valence-corrected chi connectivity index (χ4v) is 4.89. The zero-order chi connectivity index (χ0) is 12.1. The van der Waals surface area contributed by atoms with Crippen LogP contribution in [0.5, 0.6) is 5.75 Å². The van der Waals surface area contributed by atoms with Gasteiger partial charge in [-0.05, 0) is 86.8 Å². The highest BCUT2D eigenvalue weighted by molar-refractivity contribution is 14.1. The van der Waals surface area contributed by atoms with Crippen molar-refractivity contribution < 1.29 is 14.3 Å². The number of halogens is 3. The van der Waals surface area contributed by atoms with E-state index in [9.17, 15) is 4.79 Å². The fourth-order valence-electron chi connectivity index (χ4n) is 1.00. The van der Waals surface area contributed by atoms with Crippen LogP contribution in [0.3, 0.4) is 0 Å². The molecule has 0 amide bonds. The van der Waals surface area contributed by atoms with E-state index in [0.29, 0.717) is 6.61 Å². The Morgan fingerprint density at radius 1 is 1.25 bits per heavy atom. The normalized spacial score (nSPS) is 10.0. The molecule has 0 saturated carbocycles. The van der Waals surface area contributed by atoms with Crippen LogP contribution in [0.15, 0.2) is 12.1 Å². The second-order valence-corrected chi connectivity index (χ2v) is 6.36. The SMILES string of the molecule is CCOC(=O)COc1c(I)cc(I)cc1I. The molecule has 0 aliphatic carbocycles. The van der Waals surface area contributed by atoms with Gasteiger partial charge in [0, 0.05) is 3.57 Å². The minimum Gasteiger partial charge on any atom is -0.480 e. The quantitative estimate of drug-likeness (QED) is 0.420. The van der Waals surface area contributed by atoms with E-state index in [2.05, 4.69) is 67.8 Å². The molecular formula is C10H9I3O3. The molecule has 88 valence electrons. The molecule has 0 aliphatic heterocycles. The summed E-state index contributed by atoms with van der Waals surface area (Å²) in [5.41, 5.74) is 0. The highest BCUT2D eigenvalue weighted by atomic mass is 127. The molecule has 3 nitrogen and oxygen atoms in total. The molecule has 0 aliphatic rings. The second kappa shape index (κ2) is 7.19. The standard InChI is InChI=1S/C10H9I3O3/c1-2-15-9(14)5-16-10-7(12)3-6(11)4-8(10)13/h3-4H,2,5H2,1H3. The maximum absolute atomic E-state index is 11.2. The molecular weight excluding hydrogens is 549 g/mol. The maximum atomic E-state index is 11.2. The summed E-state index contributed by atoms with van der Waals surface area (Å²) in [6, 6.07) is 4.01. The Hall–Kier alpha value is 0.680. The van der Waals surface area contributed by atoms with Gasteiger partial charge in [-0.15, -0.1) is 0 Å². The van der Waals surface area contributed by atoms with Gasteiger partial charge in [-0.25, -0.2) is 4.79 Å². The summed E-state index contributed by atoms with van der Waals surface area (Å²) in [7, 11) is 0. The molecule has 0 aromatic heterocycles. The van der Waals surface area contributed by atoms with Crippen molar-refractivity contribution >= 4 is 73.7 Å². The van der Waals surface area contributed by atoms with Crippen LogP contribution in [0.1, 0.15) is 6.92 Å². The zero-order valence-corrected chi connectivity index (χ0v) is 14.9. The van der Waals surface area contributed by atoms with Crippen LogP contribution in [0.25, 0.3) is 0 Å². The van der Waals surface area contributed by atoms with Crippen molar-refractivity contribution in [2.24, 2.45) is 0 Å². The Kier molecular flexibility index (Phi) is 6.62. The van der Waals surface area contributed by atoms with E-state index in [1.165, 1.54) is 0 Å². The lowest BCUT2D eigenvalue weighted by Crippen LogP contribution is -2.15. The van der Waals surface area contributed by atoms with Gasteiger partial charge in [0.05, 0.1) is 13.7 Å². The predicted molar refractivity (Wildman–Crippen MR) is 86.7 cm³/mol. The first-order valence-electron chi connectivity index (χ1n) is 4.47. The number of ether oxygens (including phenoxy) is 2. The summed E-state index contributed by atoms with van der Waals surface area (Å²) in [5, 5.41) is 0. The molecule has 1 aromatic carbocycles. The van der Waals surface area contributed by atoms with Crippen molar-refractivity contribution in [3.63, 3.8) is 0 Å². The number of hydrogen-bond donors (Lipinski definition) is 0. The van der Waals surface area contributed by atoms with Crippen LogP contribution in [0, 0.1) is 10.7 Å². The Morgan fingerprint density at radius 3 is 2.31 bits per heavy atom. The Balaban J connectivity index is 2.70. The van der Waals surface area contributed by atoms with Crippen LogP contribution >= 0.6 is 67.8 Å². The highest BCUT2D eigenvalue weighted by Gasteiger charge is 2.10. The van der Waals surface area contributed by atoms with E-state index in [1.54, 1.807) is 6.92 Å². The Morgan fingerprint density at radius 2 is 1.81 bits per heavy atom. The molecule has 0 spiro atoms. The molecule has 16 heavy (non-hydrogen) atoms. The van der Waals surface area contributed by atoms with Crippen molar-refractivity contribution in [1.29, 1.82) is 0 Å². The van der Waals surface area contributed by atoms with Gasteiger partial charge in [-0.1, -0.05) is 0 Å². The second-order valence-electron chi connectivity index (χ2n) is 2.79. The molecule has 6 heteroatoms. The molecule has 0 heterocycles. The summed E-state index contributed by atoms with van der Waals surface area (Å²) in [5.74, 6) is 0.405. The first-order valence-corrected chi connectivity index (χ1v) is 7.71. The third-order valence-corrected chi connectivity index (χ3v) is 3.83. The summed E-state index contributed by atoms with van der Waals surface area (Å²) in [6.07, 6.45) is 0. The van der Waals surface area contributed by atoms with Crippen molar-refractivity contribution in [3.8, 4) is 5.75 Å². The fraction of sp³-hybridized carbons (Fsp3) is 0.300. The van der Waals surface area contributed by atoms with E-state index in [-0.39, 0.29) is 12.6 Å². The van der Waals surface area contributed by atoms with Gasteiger partial charge in [0.15, 0.2) is 6.61 Å². The van der Waals surface area contributed by atoms with E-state index in [0.717, 1.165) is 16.5 Å². The van der Waals surface area contributed by atoms with Crippen LogP contribution in [-0.2, 0) is 9.53 Å². The zero-order valence-electron chi connectivity index (χ0n) is 8.43. The van der Waals surface area contributed by atoms with Gasteiger partial charge >= 0.3 is 5.97 Å². The minimum atomic E-state index is -0.340. The first-order chi connectivity index (χ1) is 7.54. The number of esters is 1. The monoisotopic (exact) mass is 558 g/mol. The van der Waals surface area contributed by atoms with Crippen molar-refractivity contribution in [1.82, 2.24) is 0 Å². The molecule has 0 N–H and O–H groups in total. The molecule has 1 aromatic rings.